The molecule has 4 nitrogen and oxygen atoms in total. The fraction of sp³-hybridized carbons (Fsp3) is 0.857. The average Bonchev–Trinajstić information content (AvgIpc) is 2.58. The number of aliphatic hydroxyl groups is 2. The molecule has 2 atom stereocenters. The molecule has 0 fully saturated rings. The minimum absolute atomic E-state index is 0.0958. The van der Waals surface area contributed by atoms with E-state index in [9.17, 15) is 9.90 Å². The summed E-state index contributed by atoms with van der Waals surface area (Å²) in [7, 11) is 0. The lowest BCUT2D eigenvalue weighted by molar-refractivity contribution is -0.146. The monoisotopic (exact) mass is 356 g/mol. The molecule has 0 spiro atoms. The first-order valence-electron chi connectivity index (χ1n) is 10.2. The lowest BCUT2D eigenvalue weighted by Crippen LogP contribution is -2.14. The van der Waals surface area contributed by atoms with Gasteiger partial charge in [-0.15, -0.1) is 0 Å². The van der Waals surface area contributed by atoms with Gasteiger partial charge in [-0.25, -0.2) is 0 Å². The summed E-state index contributed by atoms with van der Waals surface area (Å²) in [6.45, 7) is 3.90. The quantitative estimate of drug-likeness (QED) is 0.220. The number of hydrogen-bond donors (Lipinski definition) is 2. The van der Waals surface area contributed by atoms with E-state index in [1.165, 1.54) is 25.7 Å². The van der Waals surface area contributed by atoms with E-state index in [2.05, 4.69) is 19.1 Å². The van der Waals surface area contributed by atoms with Gasteiger partial charge in [-0.05, 0) is 39.0 Å². The topological polar surface area (TPSA) is 66.8 Å². The summed E-state index contributed by atoms with van der Waals surface area (Å²) < 4.78 is 4.91. The van der Waals surface area contributed by atoms with E-state index in [0.29, 0.717) is 6.42 Å². The summed E-state index contributed by atoms with van der Waals surface area (Å²) in [4.78, 5) is 11.3. The summed E-state index contributed by atoms with van der Waals surface area (Å²) >= 11 is 0. The minimum atomic E-state index is -0.584. The Morgan fingerprint density at radius 3 is 2.36 bits per heavy atom. The Hall–Kier alpha value is -0.870. The molecule has 0 radical (unpaired) electrons. The fourth-order valence-electron chi connectivity index (χ4n) is 2.64. The highest BCUT2D eigenvalue weighted by Gasteiger charge is 2.04. The molecule has 0 bridgehead atoms. The lowest BCUT2D eigenvalue weighted by atomic mass is 10.1. The van der Waals surface area contributed by atoms with E-state index in [4.69, 9.17) is 9.84 Å². The van der Waals surface area contributed by atoms with Crippen molar-refractivity contribution < 1.29 is 19.7 Å². The van der Waals surface area contributed by atoms with Crippen molar-refractivity contribution >= 4 is 5.97 Å². The molecule has 0 aromatic rings. The summed E-state index contributed by atoms with van der Waals surface area (Å²) in [6.07, 6.45) is 17.0. The zero-order valence-electron chi connectivity index (χ0n) is 16.4. The van der Waals surface area contributed by atoms with Crippen LogP contribution in [-0.2, 0) is 9.53 Å². The molecular weight excluding hydrogens is 316 g/mol. The van der Waals surface area contributed by atoms with Gasteiger partial charge in [0.2, 0.25) is 0 Å². The minimum Gasteiger partial charge on any atom is -0.463 e. The standard InChI is InChI=1S/C21H40O4/c1-3-4-5-12-15-20(23)16-13-10-8-6-7-9-11-14-17-21(24)25-18-19(2)22/h10,13,19-20,22-23H,3-9,11-12,14-18H2,1-2H3/b13-10-/t19-,20-/m1/s1. The maximum Gasteiger partial charge on any atom is 0.305 e. The lowest BCUT2D eigenvalue weighted by Gasteiger charge is -2.07. The van der Waals surface area contributed by atoms with E-state index in [1.54, 1.807) is 6.92 Å². The summed E-state index contributed by atoms with van der Waals surface area (Å²) in [5, 5.41) is 18.9. The second-order valence-electron chi connectivity index (χ2n) is 7.05. The second-order valence-corrected chi connectivity index (χ2v) is 7.05. The average molecular weight is 357 g/mol. The summed E-state index contributed by atoms with van der Waals surface area (Å²) in [5.41, 5.74) is 0. The molecule has 0 amide bonds. The number of hydrogen-bond acceptors (Lipinski definition) is 4. The molecule has 0 aliphatic heterocycles. The number of unbranched alkanes of at least 4 members (excludes halogenated alkanes) is 8. The third kappa shape index (κ3) is 19.3. The normalized spacial score (nSPS) is 13.9. The Balaban J connectivity index is 3.33. The Labute approximate surface area is 154 Å². The van der Waals surface area contributed by atoms with E-state index >= 15 is 0 Å². The van der Waals surface area contributed by atoms with E-state index in [0.717, 1.165) is 51.4 Å². The van der Waals surface area contributed by atoms with Gasteiger partial charge in [-0.2, -0.15) is 0 Å². The molecule has 0 aromatic carbocycles. The van der Waals surface area contributed by atoms with Crippen LogP contribution in [0.3, 0.4) is 0 Å². The first-order chi connectivity index (χ1) is 12.1. The summed E-state index contributed by atoms with van der Waals surface area (Å²) in [6, 6.07) is 0. The fourth-order valence-corrected chi connectivity index (χ4v) is 2.64. The van der Waals surface area contributed by atoms with Gasteiger partial charge in [0.25, 0.3) is 0 Å². The van der Waals surface area contributed by atoms with Gasteiger partial charge in [0, 0.05) is 6.42 Å². The molecule has 0 aliphatic carbocycles. The zero-order chi connectivity index (χ0) is 18.8. The predicted octanol–water partition coefficient (Wildman–Crippen LogP) is 4.92. The molecule has 0 heterocycles. The van der Waals surface area contributed by atoms with Gasteiger partial charge < -0.3 is 14.9 Å². The second kappa shape index (κ2) is 17.9. The van der Waals surface area contributed by atoms with Crippen LogP contribution in [0.5, 0.6) is 0 Å². The van der Waals surface area contributed by atoms with Crippen LogP contribution < -0.4 is 0 Å². The first kappa shape index (κ1) is 24.1. The Kier molecular flexibility index (Phi) is 17.3. The van der Waals surface area contributed by atoms with E-state index < -0.39 is 6.10 Å². The molecule has 0 saturated heterocycles. The smallest absolute Gasteiger partial charge is 0.305 e. The number of aliphatic hydroxyl groups excluding tert-OH is 2. The van der Waals surface area contributed by atoms with Crippen LogP contribution in [0.2, 0.25) is 0 Å². The van der Waals surface area contributed by atoms with Gasteiger partial charge >= 0.3 is 5.97 Å². The molecule has 2 N–H and O–H groups in total. The van der Waals surface area contributed by atoms with Gasteiger partial charge in [0.05, 0.1) is 12.2 Å². The van der Waals surface area contributed by atoms with Gasteiger partial charge in [-0.1, -0.05) is 64.0 Å². The number of esters is 1. The van der Waals surface area contributed by atoms with Crippen LogP contribution in [0, 0.1) is 0 Å². The molecule has 0 saturated carbocycles. The Morgan fingerprint density at radius 2 is 1.64 bits per heavy atom. The molecule has 0 aliphatic rings. The largest absolute Gasteiger partial charge is 0.463 e. The third-order valence-corrected chi connectivity index (χ3v) is 4.20. The van der Waals surface area contributed by atoms with Crippen LogP contribution in [0.4, 0.5) is 0 Å². The van der Waals surface area contributed by atoms with Crippen molar-refractivity contribution in [1.82, 2.24) is 0 Å². The van der Waals surface area contributed by atoms with Crippen molar-refractivity contribution in [3.63, 3.8) is 0 Å². The number of carbonyl (C=O) groups excluding carboxylic acids is 1. The highest BCUT2D eigenvalue weighted by Crippen LogP contribution is 2.10. The summed E-state index contributed by atoms with van der Waals surface area (Å²) in [5.74, 6) is -0.211. The van der Waals surface area contributed by atoms with E-state index in [-0.39, 0.29) is 18.7 Å². The maximum atomic E-state index is 11.3. The number of allylic oxidation sites excluding steroid dienone is 1. The maximum absolute atomic E-state index is 11.3. The Bertz CT molecular complexity index is 326. The van der Waals surface area contributed by atoms with Crippen LogP contribution in [0.25, 0.3) is 0 Å². The molecule has 4 heteroatoms. The number of rotatable bonds is 17. The van der Waals surface area contributed by atoms with Gasteiger partial charge in [0.1, 0.15) is 6.61 Å². The van der Waals surface area contributed by atoms with Crippen LogP contribution in [-0.4, -0.2) is 35.0 Å². The predicted molar refractivity (Wildman–Crippen MR) is 103 cm³/mol. The van der Waals surface area contributed by atoms with Crippen molar-refractivity contribution in [3.05, 3.63) is 12.2 Å². The highest BCUT2D eigenvalue weighted by atomic mass is 16.5. The molecule has 0 aromatic heterocycles. The van der Waals surface area contributed by atoms with Crippen molar-refractivity contribution in [3.8, 4) is 0 Å². The molecular formula is C21H40O4. The van der Waals surface area contributed by atoms with Gasteiger partial charge in [-0.3, -0.25) is 4.79 Å². The van der Waals surface area contributed by atoms with Crippen molar-refractivity contribution in [2.75, 3.05) is 6.61 Å². The van der Waals surface area contributed by atoms with Crippen LogP contribution in [0.1, 0.15) is 97.3 Å². The van der Waals surface area contributed by atoms with Crippen LogP contribution in [0.15, 0.2) is 12.2 Å². The number of carbonyl (C=O) groups is 1. The van der Waals surface area contributed by atoms with Crippen molar-refractivity contribution in [2.45, 2.75) is 110 Å². The molecule has 0 unspecified atom stereocenters. The van der Waals surface area contributed by atoms with Crippen molar-refractivity contribution in [2.24, 2.45) is 0 Å². The highest BCUT2D eigenvalue weighted by molar-refractivity contribution is 5.69. The first-order valence-corrected chi connectivity index (χ1v) is 10.2. The SMILES string of the molecule is CCCCCC[C@@H](O)C/C=C\CCCCCCCC(=O)OC[C@@H](C)O. The van der Waals surface area contributed by atoms with Gasteiger partial charge in [0.15, 0.2) is 0 Å². The molecule has 25 heavy (non-hydrogen) atoms. The molecule has 0 rings (SSSR count). The van der Waals surface area contributed by atoms with E-state index in [1.807, 2.05) is 0 Å². The van der Waals surface area contributed by atoms with Crippen LogP contribution >= 0.6 is 0 Å². The number of ether oxygens (including phenoxy) is 1. The third-order valence-electron chi connectivity index (χ3n) is 4.20. The Morgan fingerprint density at radius 1 is 0.960 bits per heavy atom. The van der Waals surface area contributed by atoms with Crippen molar-refractivity contribution in [1.29, 1.82) is 0 Å². The zero-order valence-corrected chi connectivity index (χ0v) is 16.4. The molecule has 148 valence electrons.